The van der Waals surface area contributed by atoms with E-state index < -0.39 is 5.97 Å². The summed E-state index contributed by atoms with van der Waals surface area (Å²) in [7, 11) is 0. The number of carboxylic acids is 1. The molecule has 0 saturated carbocycles. The second kappa shape index (κ2) is 4.87. The second-order valence-electron chi connectivity index (χ2n) is 4.67. The lowest BCUT2D eigenvalue weighted by Gasteiger charge is -2.33. The summed E-state index contributed by atoms with van der Waals surface area (Å²) in [5, 5.41) is 8.47. The van der Waals surface area contributed by atoms with Gasteiger partial charge in [-0.05, 0) is 25.7 Å². The molecule has 2 aliphatic heterocycles. The molecule has 2 saturated heterocycles. The molecule has 94 valence electrons. The smallest absolute Gasteiger partial charge is 0.328 e. The number of carbonyl (C=O) groups excluding carboxylic acids is 1. The molecule has 17 heavy (non-hydrogen) atoms. The van der Waals surface area contributed by atoms with E-state index in [1.54, 1.807) is 4.90 Å². The van der Waals surface area contributed by atoms with Gasteiger partial charge < -0.3 is 14.7 Å². The first-order chi connectivity index (χ1) is 8.11. The summed E-state index contributed by atoms with van der Waals surface area (Å²) in [5.74, 6) is -1.33. The number of ether oxygens (including phenoxy) is 1. The van der Waals surface area contributed by atoms with Crippen molar-refractivity contribution in [3.8, 4) is 0 Å². The van der Waals surface area contributed by atoms with Crippen molar-refractivity contribution in [3.05, 3.63) is 12.2 Å². The van der Waals surface area contributed by atoms with Crippen molar-refractivity contribution in [2.45, 2.75) is 31.3 Å². The first-order valence-electron chi connectivity index (χ1n) is 5.95. The fourth-order valence-electron chi connectivity index (χ4n) is 2.51. The number of hydrogen-bond donors (Lipinski definition) is 1. The predicted octanol–water partition coefficient (Wildman–Crippen LogP) is 0.799. The quantitative estimate of drug-likeness (QED) is 0.724. The van der Waals surface area contributed by atoms with Crippen LogP contribution in [0.4, 0.5) is 0 Å². The zero-order valence-corrected chi connectivity index (χ0v) is 9.72. The number of carboxylic acid groups (broad SMARTS) is 1. The third-order valence-corrected chi connectivity index (χ3v) is 3.43. The molecule has 0 bridgehead atoms. The standard InChI is InChI=1S/C12H17NO4/c14-10(3-4-11(15)16)13-7-6-12(9-13)5-1-2-8-17-12/h3-4H,1-2,5-9H2,(H,15,16)/b4-3+. The maximum atomic E-state index is 11.7. The molecule has 2 fully saturated rings. The van der Waals surface area contributed by atoms with Crippen LogP contribution in [-0.4, -0.2) is 47.2 Å². The van der Waals surface area contributed by atoms with Gasteiger partial charge in [0.1, 0.15) is 0 Å². The van der Waals surface area contributed by atoms with Gasteiger partial charge in [0.05, 0.1) is 12.1 Å². The van der Waals surface area contributed by atoms with Crippen molar-refractivity contribution < 1.29 is 19.4 Å². The Balaban J connectivity index is 1.92. The number of hydrogen-bond acceptors (Lipinski definition) is 3. The van der Waals surface area contributed by atoms with Crippen LogP contribution >= 0.6 is 0 Å². The number of aliphatic carboxylic acids is 1. The van der Waals surface area contributed by atoms with Gasteiger partial charge in [0, 0.05) is 25.3 Å². The summed E-state index contributed by atoms with van der Waals surface area (Å²) < 4.78 is 5.80. The zero-order valence-electron chi connectivity index (χ0n) is 9.72. The molecule has 2 rings (SSSR count). The molecule has 1 atom stereocenters. The van der Waals surface area contributed by atoms with Gasteiger partial charge in [0.15, 0.2) is 0 Å². The highest BCUT2D eigenvalue weighted by atomic mass is 16.5. The van der Waals surface area contributed by atoms with Crippen molar-refractivity contribution >= 4 is 11.9 Å². The van der Waals surface area contributed by atoms with E-state index >= 15 is 0 Å². The Bertz CT molecular complexity index is 344. The minimum Gasteiger partial charge on any atom is -0.478 e. The van der Waals surface area contributed by atoms with E-state index in [2.05, 4.69) is 0 Å². The summed E-state index contributed by atoms with van der Waals surface area (Å²) in [5.41, 5.74) is -0.162. The molecule has 1 unspecified atom stereocenters. The Morgan fingerprint density at radius 1 is 1.24 bits per heavy atom. The Kier molecular flexibility index (Phi) is 3.47. The zero-order chi connectivity index (χ0) is 12.3. The number of nitrogens with zero attached hydrogens (tertiary/aromatic N) is 1. The molecule has 0 aliphatic carbocycles. The van der Waals surface area contributed by atoms with E-state index in [0.717, 1.165) is 44.4 Å². The first kappa shape index (κ1) is 12.1. The highest BCUT2D eigenvalue weighted by molar-refractivity contribution is 5.94. The van der Waals surface area contributed by atoms with E-state index in [4.69, 9.17) is 9.84 Å². The first-order valence-corrected chi connectivity index (χ1v) is 5.95. The van der Waals surface area contributed by atoms with Crippen LogP contribution in [0.15, 0.2) is 12.2 Å². The number of carbonyl (C=O) groups is 2. The summed E-state index contributed by atoms with van der Waals surface area (Å²) >= 11 is 0. The van der Waals surface area contributed by atoms with Gasteiger partial charge in [0.2, 0.25) is 5.91 Å². The Morgan fingerprint density at radius 2 is 2.06 bits per heavy atom. The van der Waals surface area contributed by atoms with Gasteiger partial charge in [-0.1, -0.05) is 0 Å². The molecule has 1 spiro atoms. The van der Waals surface area contributed by atoms with Crippen LogP contribution in [0.3, 0.4) is 0 Å². The third kappa shape index (κ3) is 2.85. The monoisotopic (exact) mass is 239 g/mol. The molecular weight excluding hydrogens is 222 g/mol. The van der Waals surface area contributed by atoms with Gasteiger partial charge >= 0.3 is 5.97 Å². The lowest BCUT2D eigenvalue weighted by Crippen LogP contribution is -2.40. The molecule has 1 N–H and O–H groups in total. The molecule has 0 aromatic carbocycles. The highest BCUT2D eigenvalue weighted by Gasteiger charge is 2.41. The largest absolute Gasteiger partial charge is 0.478 e. The highest BCUT2D eigenvalue weighted by Crippen LogP contribution is 2.33. The fourth-order valence-corrected chi connectivity index (χ4v) is 2.51. The molecule has 5 nitrogen and oxygen atoms in total. The minimum absolute atomic E-state index is 0.162. The molecule has 2 aliphatic rings. The molecule has 0 radical (unpaired) electrons. The average Bonchev–Trinajstić information content (AvgIpc) is 2.71. The Labute approximate surface area is 100 Å². The van der Waals surface area contributed by atoms with Gasteiger partial charge in [0.25, 0.3) is 0 Å². The van der Waals surface area contributed by atoms with Crippen molar-refractivity contribution in [1.29, 1.82) is 0 Å². The summed E-state index contributed by atoms with van der Waals surface area (Å²) in [6, 6.07) is 0. The van der Waals surface area contributed by atoms with E-state index in [0.29, 0.717) is 13.1 Å². The van der Waals surface area contributed by atoms with E-state index in [9.17, 15) is 9.59 Å². The maximum Gasteiger partial charge on any atom is 0.328 e. The van der Waals surface area contributed by atoms with Crippen LogP contribution in [0.2, 0.25) is 0 Å². The van der Waals surface area contributed by atoms with Crippen LogP contribution in [0.1, 0.15) is 25.7 Å². The minimum atomic E-state index is -1.10. The SMILES string of the molecule is O=C(O)/C=C/C(=O)N1CCC2(CCCCO2)C1. The second-order valence-corrected chi connectivity index (χ2v) is 4.67. The normalized spacial score (nSPS) is 29.1. The van der Waals surface area contributed by atoms with E-state index in [1.165, 1.54) is 0 Å². The van der Waals surface area contributed by atoms with Gasteiger partial charge in [-0.2, -0.15) is 0 Å². The van der Waals surface area contributed by atoms with Crippen LogP contribution in [0.25, 0.3) is 0 Å². The molecule has 0 aromatic rings. The van der Waals surface area contributed by atoms with E-state index in [1.807, 2.05) is 0 Å². The lowest BCUT2D eigenvalue weighted by atomic mass is 9.93. The van der Waals surface area contributed by atoms with Crippen LogP contribution in [0.5, 0.6) is 0 Å². The van der Waals surface area contributed by atoms with Crippen LogP contribution in [0, 0.1) is 0 Å². The van der Waals surface area contributed by atoms with Crippen molar-refractivity contribution in [3.63, 3.8) is 0 Å². The van der Waals surface area contributed by atoms with Gasteiger partial charge in [-0.3, -0.25) is 4.79 Å². The van der Waals surface area contributed by atoms with Crippen molar-refractivity contribution in [1.82, 2.24) is 4.90 Å². The predicted molar refractivity (Wildman–Crippen MR) is 60.5 cm³/mol. The van der Waals surface area contributed by atoms with Gasteiger partial charge in [-0.25, -0.2) is 4.79 Å². The molecule has 0 aromatic heterocycles. The summed E-state index contributed by atoms with van der Waals surface area (Å²) in [4.78, 5) is 23.7. The summed E-state index contributed by atoms with van der Waals surface area (Å²) in [6.07, 6.45) is 6.10. The molecule has 5 heteroatoms. The number of amides is 1. The van der Waals surface area contributed by atoms with Gasteiger partial charge in [-0.15, -0.1) is 0 Å². The van der Waals surface area contributed by atoms with Crippen molar-refractivity contribution in [2.24, 2.45) is 0 Å². The van der Waals surface area contributed by atoms with Crippen LogP contribution < -0.4 is 0 Å². The lowest BCUT2D eigenvalue weighted by molar-refractivity contribution is -0.132. The fraction of sp³-hybridized carbons (Fsp3) is 0.667. The Hall–Kier alpha value is -1.36. The molecule has 2 heterocycles. The van der Waals surface area contributed by atoms with E-state index in [-0.39, 0.29) is 11.5 Å². The maximum absolute atomic E-state index is 11.7. The third-order valence-electron chi connectivity index (χ3n) is 3.43. The average molecular weight is 239 g/mol. The summed E-state index contributed by atoms with van der Waals surface area (Å²) in [6.45, 7) is 2.02. The topological polar surface area (TPSA) is 66.8 Å². The number of likely N-dealkylation sites (tertiary alicyclic amines) is 1. The molecule has 1 amide bonds. The van der Waals surface area contributed by atoms with Crippen molar-refractivity contribution in [2.75, 3.05) is 19.7 Å². The molecular formula is C12H17NO4. The Morgan fingerprint density at radius 3 is 2.71 bits per heavy atom. The van der Waals surface area contributed by atoms with Crippen LogP contribution in [-0.2, 0) is 14.3 Å². The number of rotatable bonds is 2.